The molecule has 4 nitrogen and oxygen atoms in total. The molecule has 0 bridgehead atoms. The number of nitrogens with one attached hydrogen (secondary N) is 1. The summed E-state index contributed by atoms with van der Waals surface area (Å²) in [6.07, 6.45) is -0.477. The molecule has 2 aromatic carbocycles. The first kappa shape index (κ1) is 16.4. The van der Waals surface area contributed by atoms with Crippen LogP contribution in [0.4, 0.5) is 10.1 Å². The fourth-order valence-corrected chi connectivity index (χ4v) is 3.50. The molecule has 0 unspecified atom stereocenters. The number of hydrogen-bond acceptors (Lipinski definition) is 3. The molecule has 122 valence electrons. The Hall–Kier alpha value is -2.44. The highest BCUT2D eigenvalue weighted by Gasteiger charge is 2.16. The number of carboxylic acid groups (broad SMARTS) is 1. The van der Waals surface area contributed by atoms with Crippen LogP contribution in [0.15, 0.2) is 41.8 Å². The van der Waals surface area contributed by atoms with E-state index in [1.165, 1.54) is 17.4 Å². The van der Waals surface area contributed by atoms with E-state index >= 15 is 0 Å². The molecular weight excluding hydrogens is 353 g/mol. The van der Waals surface area contributed by atoms with Gasteiger partial charge in [-0.2, -0.15) is 0 Å². The molecule has 0 spiro atoms. The third kappa shape index (κ3) is 3.25. The summed E-state index contributed by atoms with van der Waals surface area (Å²) >= 11 is 7.47. The van der Waals surface area contributed by atoms with Gasteiger partial charge in [0.1, 0.15) is 5.82 Å². The molecule has 1 aromatic heterocycles. The molecule has 3 aromatic rings. The van der Waals surface area contributed by atoms with Crippen molar-refractivity contribution in [2.45, 2.75) is 6.42 Å². The Kier molecular flexibility index (Phi) is 4.51. The van der Waals surface area contributed by atoms with E-state index in [4.69, 9.17) is 16.7 Å². The number of thiophene rings is 1. The number of carbonyl (C=O) groups excluding carboxylic acids is 1. The average molecular weight is 364 g/mol. The van der Waals surface area contributed by atoms with E-state index in [-0.39, 0.29) is 16.3 Å². The van der Waals surface area contributed by atoms with Crippen LogP contribution >= 0.6 is 22.9 Å². The number of amides is 1. The molecule has 1 heterocycles. The second-order valence-corrected chi connectivity index (χ2v) is 6.41. The van der Waals surface area contributed by atoms with Gasteiger partial charge in [-0.05, 0) is 18.2 Å². The van der Waals surface area contributed by atoms with Gasteiger partial charge in [-0.15, -0.1) is 11.3 Å². The van der Waals surface area contributed by atoms with E-state index in [1.54, 1.807) is 5.38 Å². The Morgan fingerprint density at radius 2 is 2.00 bits per heavy atom. The first-order valence-corrected chi connectivity index (χ1v) is 8.19. The minimum atomic E-state index is -1.16. The lowest BCUT2D eigenvalue weighted by molar-refractivity contribution is -0.136. The van der Waals surface area contributed by atoms with Crippen LogP contribution in [-0.2, 0) is 11.2 Å². The van der Waals surface area contributed by atoms with Crippen LogP contribution in [0.3, 0.4) is 0 Å². The molecule has 0 aliphatic heterocycles. The van der Waals surface area contributed by atoms with Crippen LogP contribution in [-0.4, -0.2) is 17.0 Å². The van der Waals surface area contributed by atoms with Crippen LogP contribution in [0, 0.1) is 5.82 Å². The highest BCUT2D eigenvalue weighted by atomic mass is 35.5. The Balaban J connectivity index is 1.89. The fourth-order valence-electron chi connectivity index (χ4n) is 2.33. The van der Waals surface area contributed by atoms with Crippen molar-refractivity contribution in [1.29, 1.82) is 0 Å². The molecule has 7 heteroatoms. The van der Waals surface area contributed by atoms with Gasteiger partial charge in [-0.3, -0.25) is 9.59 Å². The lowest BCUT2D eigenvalue weighted by Crippen LogP contribution is -2.12. The molecule has 3 rings (SSSR count). The number of benzene rings is 2. The summed E-state index contributed by atoms with van der Waals surface area (Å²) in [4.78, 5) is 23.1. The van der Waals surface area contributed by atoms with E-state index < -0.39 is 24.1 Å². The third-order valence-electron chi connectivity index (χ3n) is 3.45. The highest BCUT2D eigenvalue weighted by Crippen LogP contribution is 2.29. The maximum absolute atomic E-state index is 14.0. The van der Waals surface area contributed by atoms with Gasteiger partial charge in [0, 0.05) is 21.0 Å². The van der Waals surface area contributed by atoms with Gasteiger partial charge in [0.15, 0.2) is 0 Å². The average Bonchev–Trinajstić information content (AvgIpc) is 2.95. The Labute approximate surface area is 145 Å². The van der Waals surface area contributed by atoms with Gasteiger partial charge in [0.05, 0.1) is 22.7 Å². The summed E-state index contributed by atoms with van der Waals surface area (Å²) in [6, 6.07) is 9.70. The zero-order chi connectivity index (χ0) is 17.3. The van der Waals surface area contributed by atoms with Crippen molar-refractivity contribution >= 4 is 50.6 Å². The molecule has 1 amide bonds. The van der Waals surface area contributed by atoms with Crippen LogP contribution in [0.1, 0.15) is 15.9 Å². The summed E-state index contributed by atoms with van der Waals surface area (Å²) in [5.41, 5.74) is 0.539. The predicted molar refractivity (Wildman–Crippen MR) is 92.5 cm³/mol. The molecule has 24 heavy (non-hydrogen) atoms. The number of carbonyl (C=O) groups is 2. The monoisotopic (exact) mass is 363 g/mol. The van der Waals surface area contributed by atoms with Crippen molar-refractivity contribution < 1.29 is 19.1 Å². The molecule has 0 radical (unpaired) electrons. The Morgan fingerprint density at radius 1 is 1.25 bits per heavy atom. The van der Waals surface area contributed by atoms with E-state index in [0.717, 1.165) is 16.2 Å². The zero-order valence-electron chi connectivity index (χ0n) is 12.2. The topological polar surface area (TPSA) is 66.4 Å². The van der Waals surface area contributed by atoms with Gasteiger partial charge in [0.25, 0.3) is 5.91 Å². The first-order chi connectivity index (χ1) is 11.5. The number of halogens is 2. The predicted octanol–water partition coefficient (Wildman–Crippen LogP) is 4.57. The summed E-state index contributed by atoms with van der Waals surface area (Å²) in [5.74, 6) is -2.29. The number of anilines is 1. The molecule has 0 aliphatic rings. The lowest BCUT2D eigenvalue weighted by Gasteiger charge is -2.09. The quantitative estimate of drug-likeness (QED) is 0.713. The number of aliphatic carboxylic acids is 1. The minimum absolute atomic E-state index is 0.0357. The van der Waals surface area contributed by atoms with Crippen molar-refractivity contribution in [2.75, 3.05) is 5.32 Å². The second-order valence-electron chi connectivity index (χ2n) is 5.09. The van der Waals surface area contributed by atoms with Crippen molar-refractivity contribution in [3.05, 3.63) is 63.7 Å². The maximum atomic E-state index is 14.0. The summed E-state index contributed by atoms with van der Waals surface area (Å²) in [7, 11) is 0. The van der Waals surface area contributed by atoms with Crippen molar-refractivity contribution in [1.82, 2.24) is 0 Å². The number of fused-ring (bicyclic) bond motifs is 1. The molecule has 0 saturated heterocycles. The van der Waals surface area contributed by atoms with Gasteiger partial charge in [-0.25, -0.2) is 4.39 Å². The van der Waals surface area contributed by atoms with E-state index in [1.807, 2.05) is 24.3 Å². The van der Waals surface area contributed by atoms with E-state index in [9.17, 15) is 14.0 Å². The van der Waals surface area contributed by atoms with Gasteiger partial charge < -0.3 is 10.4 Å². The second kappa shape index (κ2) is 6.59. The molecule has 0 fully saturated rings. The lowest BCUT2D eigenvalue weighted by atomic mass is 10.1. The fraction of sp³-hybridized carbons (Fsp3) is 0.0588. The number of rotatable bonds is 4. The number of carboxylic acids is 1. The Bertz CT molecular complexity index is 954. The highest BCUT2D eigenvalue weighted by molar-refractivity contribution is 7.17. The molecule has 0 atom stereocenters. The molecule has 0 aliphatic carbocycles. The minimum Gasteiger partial charge on any atom is -0.481 e. The standard InChI is InChI=1S/C17H11ClFNO3S/c18-12-5-9(6-16(21)22)13(19)7-14(12)20-17(23)11-8-24-15-4-2-1-3-10(11)15/h1-5,7-8H,6H2,(H,20,23)(H,21,22). The summed E-state index contributed by atoms with van der Waals surface area (Å²) in [5, 5.41) is 13.9. The maximum Gasteiger partial charge on any atom is 0.307 e. The SMILES string of the molecule is O=C(O)Cc1cc(Cl)c(NC(=O)c2csc3ccccc23)cc1F. The number of hydrogen-bond donors (Lipinski definition) is 2. The zero-order valence-corrected chi connectivity index (χ0v) is 13.7. The molecular formula is C17H11ClFNO3S. The van der Waals surface area contributed by atoms with E-state index in [2.05, 4.69) is 5.32 Å². The largest absolute Gasteiger partial charge is 0.481 e. The normalized spacial score (nSPS) is 10.8. The van der Waals surface area contributed by atoms with Crippen molar-refractivity contribution in [3.8, 4) is 0 Å². The van der Waals surface area contributed by atoms with Crippen LogP contribution in [0.25, 0.3) is 10.1 Å². The van der Waals surface area contributed by atoms with Gasteiger partial charge >= 0.3 is 5.97 Å². The van der Waals surface area contributed by atoms with Crippen molar-refractivity contribution in [3.63, 3.8) is 0 Å². The Morgan fingerprint density at radius 3 is 2.75 bits per heavy atom. The van der Waals surface area contributed by atoms with Crippen LogP contribution < -0.4 is 5.32 Å². The van der Waals surface area contributed by atoms with Crippen LogP contribution in [0.2, 0.25) is 5.02 Å². The summed E-state index contributed by atoms with van der Waals surface area (Å²) in [6.45, 7) is 0. The van der Waals surface area contributed by atoms with Gasteiger partial charge in [-0.1, -0.05) is 29.8 Å². The molecule has 2 N–H and O–H groups in total. The molecule has 0 saturated carbocycles. The van der Waals surface area contributed by atoms with E-state index in [0.29, 0.717) is 5.56 Å². The smallest absolute Gasteiger partial charge is 0.307 e. The van der Waals surface area contributed by atoms with Crippen molar-refractivity contribution in [2.24, 2.45) is 0 Å². The van der Waals surface area contributed by atoms with Crippen LogP contribution in [0.5, 0.6) is 0 Å². The van der Waals surface area contributed by atoms with Gasteiger partial charge in [0.2, 0.25) is 0 Å². The summed E-state index contributed by atoms with van der Waals surface area (Å²) < 4.78 is 14.9. The first-order valence-electron chi connectivity index (χ1n) is 6.93. The third-order valence-corrected chi connectivity index (χ3v) is 4.73.